The molecule has 4 atom stereocenters. The number of amides is 1. The molecule has 36 heavy (non-hydrogen) atoms. The third-order valence-corrected chi connectivity index (χ3v) is 6.83. The van der Waals surface area contributed by atoms with Crippen LogP contribution in [0.3, 0.4) is 0 Å². The summed E-state index contributed by atoms with van der Waals surface area (Å²) >= 11 is 0. The second-order valence-electron chi connectivity index (χ2n) is 9.00. The van der Waals surface area contributed by atoms with Crippen molar-refractivity contribution in [3.05, 3.63) is 105 Å². The van der Waals surface area contributed by atoms with Crippen LogP contribution < -0.4 is 15.8 Å². The normalized spacial score (nSPS) is 22.9. The van der Waals surface area contributed by atoms with Crippen LogP contribution in [0.1, 0.15) is 46.1 Å². The second kappa shape index (κ2) is 9.52. The van der Waals surface area contributed by atoms with Crippen molar-refractivity contribution in [3.63, 3.8) is 0 Å². The second-order valence-corrected chi connectivity index (χ2v) is 9.00. The molecule has 2 saturated heterocycles. The Balaban J connectivity index is 1.59. The number of ether oxygens (including phenoxy) is 1. The third kappa shape index (κ3) is 4.12. The van der Waals surface area contributed by atoms with Gasteiger partial charge in [0.1, 0.15) is 6.04 Å². The van der Waals surface area contributed by atoms with Crippen molar-refractivity contribution < 1.29 is 19.2 Å². The standard InChI is InChI=1S/C27H26N4O5/c1-3-36-27(33)18-11-13-20(14-12-18)30-25(19-5-4-6-21(15-19)31(34)35)22-23(28-29-24(22)26(30)32)17-9-7-16(2)8-10-17/h4-15,22-25,28-29H,3H2,1-2H3. The molecule has 9 nitrogen and oxygen atoms in total. The van der Waals surface area contributed by atoms with E-state index in [0.29, 0.717) is 16.8 Å². The van der Waals surface area contributed by atoms with E-state index in [-0.39, 0.29) is 30.2 Å². The number of nitro benzene ring substituents is 1. The van der Waals surface area contributed by atoms with Crippen molar-refractivity contribution >= 4 is 23.3 Å². The number of hydrogen-bond acceptors (Lipinski definition) is 7. The number of carbonyl (C=O) groups is 2. The number of nitrogens with zero attached hydrogens (tertiary/aromatic N) is 2. The molecule has 1 amide bonds. The Kier molecular flexibility index (Phi) is 6.26. The fourth-order valence-corrected chi connectivity index (χ4v) is 5.15. The summed E-state index contributed by atoms with van der Waals surface area (Å²) in [5.74, 6) is -0.830. The largest absolute Gasteiger partial charge is 0.462 e. The minimum absolute atomic E-state index is 0.0354. The van der Waals surface area contributed by atoms with Gasteiger partial charge in [-0.3, -0.25) is 14.9 Å². The molecule has 0 radical (unpaired) electrons. The zero-order valence-corrected chi connectivity index (χ0v) is 19.9. The average molecular weight is 487 g/mol. The Bertz CT molecular complexity index is 1310. The Morgan fingerprint density at radius 3 is 2.36 bits per heavy atom. The lowest BCUT2D eigenvalue weighted by Gasteiger charge is -2.31. The molecule has 0 saturated carbocycles. The minimum atomic E-state index is -0.537. The van der Waals surface area contributed by atoms with Gasteiger partial charge in [0.05, 0.1) is 29.2 Å². The average Bonchev–Trinajstić information content (AvgIpc) is 3.44. The van der Waals surface area contributed by atoms with Gasteiger partial charge in [-0.05, 0) is 49.2 Å². The van der Waals surface area contributed by atoms with E-state index in [1.54, 1.807) is 42.2 Å². The van der Waals surface area contributed by atoms with E-state index >= 15 is 0 Å². The molecule has 2 aliphatic rings. The van der Waals surface area contributed by atoms with Gasteiger partial charge in [-0.2, -0.15) is 0 Å². The number of hydrogen-bond donors (Lipinski definition) is 2. The highest BCUT2D eigenvalue weighted by Gasteiger charge is 2.56. The Morgan fingerprint density at radius 2 is 1.69 bits per heavy atom. The Hall–Kier alpha value is -4.08. The number of non-ortho nitro benzene ring substituents is 1. The van der Waals surface area contributed by atoms with Gasteiger partial charge in [0.2, 0.25) is 5.91 Å². The van der Waals surface area contributed by atoms with Crippen molar-refractivity contribution in [3.8, 4) is 0 Å². The molecule has 184 valence electrons. The Morgan fingerprint density at radius 1 is 1.00 bits per heavy atom. The fourth-order valence-electron chi connectivity index (χ4n) is 5.15. The van der Waals surface area contributed by atoms with Crippen LogP contribution in [0.25, 0.3) is 0 Å². The third-order valence-electron chi connectivity index (χ3n) is 6.83. The maximum Gasteiger partial charge on any atom is 0.338 e. The number of aryl methyl sites for hydroxylation is 1. The van der Waals surface area contributed by atoms with E-state index in [1.165, 1.54) is 12.1 Å². The summed E-state index contributed by atoms with van der Waals surface area (Å²) in [5.41, 5.74) is 10.2. The zero-order valence-electron chi connectivity index (χ0n) is 19.9. The fraction of sp³-hybridized carbons (Fsp3) is 0.259. The van der Waals surface area contributed by atoms with Crippen LogP contribution >= 0.6 is 0 Å². The predicted molar refractivity (Wildman–Crippen MR) is 133 cm³/mol. The van der Waals surface area contributed by atoms with Gasteiger partial charge >= 0.3 is 5.97 Å². The molecule has 4 unspecified atom stereocenters. The molecular formula is C27H26N4O5. The first-order valence-electron chi connectivity index (χ1n) is 11.8. The number of rotatable bonds is 6. The summed E-state index contributed by atoms with van der Waals surface area (Å²) in [6.45, 7) is 4.02. The first-order valence-corrected chi connectivity index (χ1v) is 11.8. The monoisotopic (exact) mass is 486 g/mol. The summed E-state index contributed by atoms with van der Waals surface area (Å²) in [6.07, 6.45) is 0. The molecule has 3 aromatic rings. The highest BCUT2D eigenvalue weighted by molar-refractivity contribution is 6.02. The molecule has 0 aromatic heterocycles. The molecule has 9 heteroatoms. The maximum absolute atomic E-state index is 13.7. The van der Waals surface area contributed by atoms with Crippen LogP contribution in [0.15, 0.2) is 72.8 Å². The number of carbonyl (C=O) groups excluding carboxylic acids is 2. The number of fused-ring (bicyclic) bond motifs is 1. The quantitative estimate of drug-likeness (QED) is 0.308. The van der Waals surface area contributed by atoms with E-state index in [0.717, 1.165) is 11.1 Å². The van der Waals surface area contributed by atoms with Gasteiger partial charge in [0.25, 0.3) is 5.69 Å². The number of benzene rings is 3. The van der Waals surface area contributed by atoms with Gasteiger partial charge in [0.15, 0.2) is 0 Å². The summed E-state index contributed by atoms with van der Waals surface area (Å²) in [5, 5.41) is 11.5. The summed E-state index contributed by atoms with van der Waals surface area (Å²) in [7, 11) is 0. The molecule has 2 N–H and O–H groups in total. The highest BCUT2D eigenvalue weighted by Crippen LogP contribution is 2.49. The van der Waals surface area contributed by atoms with Crippen LogP contribution in [0.4, 0.5) is 11.4 Å². The lowest BCUT2D eigenvalue weighted by atomic mass is 9.83. The van der Waals surface area contributed by atoms with Crippen molar-refractivity contribution in [1.29, 1.82) is 0 Å². The van der Waals surface area contributed by atoms with Crippen molar-refractivity contribution in [2.75, 3.05) is 11.5 Å². The molecule has 2 heterocycles. The SMILES string of the molecule is CCOC(=O)c1ccc(N2C(=O)C3NNC(c4ccc(C)cc4)C3C2c2cccc([N+](=O)[O-])c2)cc1. The summed E-state index contributed by atoms with van der Waals surface area (Å²) < 4.78 is 5.07. The van der Waals surface area contributed by atoms with E-state index in [2.05, 4.69) is 10.9 Å². The molecule has 0 spiro atoms. The van der Waals surface area contributed by atoms with Crippen LogP contribution in [0.5, 0.6) is 0 Å². The smallest absolute Gasteiger partial charge is 0.338 e. The molecule has 2 fully saturated rings. The maximum atomic E-state index is 13.7. The van der Waals surface area contributed by atoms with E-state index < -0.39 is 23.0 Å². The molecular weight excluding hydrogens is 460 g/mol. The van der Waals surface area contributed by atoms with Crippen LogP contribution in [-0.4, -0.2) is 29.4 Å². The van der Waals surface area contributed by atoms with Crippen molar-refractivity contribution in [2.24, 2.45) is 5.92 Å². The number of esters is 1. The van der Waals surface area contributed by atoms with E-state index in [1.807, 2.05) is 37.3 Å². The first kappa shape index (κ1) is 23.7. The molecule has 2 aliphatic heterocycles. The van der Waals surface area contributed by atoms with Crippen LogP contribution in [0, 0.1) is 23.0 Å². The predicted octanol–water partition coefficient (Wildman–Crippen LogP) is 4.00. The molecule has 0 bridgehead atoms. The minimum Gasteiger partial charge on any atom is -0.462 e. The number of hydrazine groups is 1. The highest BCUT2D eigenvalue weighted by atomic mass is 16.6. The lowest BCUT2D eigenvalue weighted by molar-refractivity contribution is -0.384. The lowest BCUT2D eigenvalue weighted by Crippen LogP contribution is -2.41. The number of anilines is 1. The molecule has 0 aliphatic carbocycles. The molecule has 5 rings (SSSR count). The van der Waals surface area contributed by atoms with Crippen molar-refractivity contribution in [1.82, 2.24) is 10.9 Å². The van der Waals surface area contributed by atoms with Crippen molar-refractivity contribution in [2.45, 2.75) is 32.0 Å². The summed E-state index contributed by atoms with van der Waals surface area (Å²) in [6, 6.07) is 20.0. The van der Waals surface area contributed by atoms with Gasteiger partial charge in [-0.25, -0.2) is 15.6 Å². The first-order chi connectivity index (χ1) is 17.4. The van der Waals surface area contributed by atoms with Gasteiger partial charge in [-0.1, -0.05) is 42.0 Å². The van der Waals surface area contributed by atoms with E-state index in [4.69, 9.17) is 4.74 Å². The Labute approximate surface area is 208 Å². The van der Waals surface area contributed by atoms with E-state index in [9.17, 15) is 19.7 Å². The van der Waals surface area contributed by atoms with Gasteiger partial charge in [-0.15, -0.1) is 0 Å². The zero-order chi connectivity index (χ0) is 25.4. The summed E-state index contributed by atoms with van der Waals surface area (Å²) in [4.78, 5) is 38.7. The molecule has 3 aromatic carbocycles. The topological polar surface area (TPSA) is 114 Å². The van der Waals surface area contributed by atoms with Crippen LogP contribution in [0.2, 0.25) is 0 Å². The van der Waals surface area contributed by atoms with Gasteiger partial charge < -0.3 is 9.64 Å². The van der Waals surface area contributed by atoms with Crippen LogP contribution in [-0.2, 0) is 9.53 Å². The number of nitrogens with one attached hydrogen (secondary N) is 2. The van der Waals surface area contributed by atoms with Gasteiger partial charge in [0, 0.05) is 23.7 Å². The number of nitro groups is 1.